The number of benzene rings is 1. The molecular formula is C14H10BrNOS. The summed E-state index contributed by atoms with van der Waals surface area (Å²) in [7, 11) is 0. The number of hydrogen-bond acceptors (Lipinski definition) is 3. The first-order valence-corrected chi connectivity index (χ1v) is 7.04. The average Bonchev–Trinajstić information content (AvgIpc) is 2.83. The average molecular weight is 320 g/mol. The fourth-order valence-electron chi connectivity index (χ4n) is 1.68. The molecule has 2 aromatic rings. The van der Waals surface area contributed by atoms with Crippen LogP contribution in [0.1, 0.15) is 26.7 Å². The topological polar surface area (TPSA) is 40.9 Å². The molecule has 4 heteroatoms. The number of nitrogens with zero attached hydrogens (tertiary/aromatic N) is 1. The number of carbonyl (C=O) groups excluding carboxylic acids is 1. The van der Waals surface area contributed by atoms with Crippen molar-refractivity contribution in [2.75, 3.05) is 0 Å². The van der Waals surface area contributed by atoms with Crippen molar-refractivity contribution in [2.45, 2.75) is 12.8 Å². The zero-order chi connectivity index (χ0) is 13.1. The molecule has 0 N–H and O–H groups in total. The van der Waals surface area contributed by atoms with E-state index in [2.05, 4.69) is 22.0 Å². The predicted octanol–water partition coefficient (Wildman–Crippen LogP) is 4.31. The Morgan fingerprint density at radius 2 is 2.22 bits per heavy atom. The van der Waals surface area contributed by atoms with Gasteiger partial charge in [0.15, 0.2) is 5.78 Å². The molecule has 0 bridgehead atoms. The summed E-state index contributed by atoms with van der Waals surface area (Å²) in [5.74, 6) is -0.879. The van der Waals surface area contributed by atoms with E-state index in [1.807, 2.05) is 36.6 Å². The second-order valence-corrected chi connectivity index (χ2v) is 5.76. The Labute approximate surface area is 118 Å². The van der Waals surface area contributed by atoms with Crippen LogP contribution in [-0.2, 0) is 0 Å². The van der Waals surface area contributed by atoms with E-state index >= 15 is 0 Å². The van der Waals surface area contributed by atoms with Crippen LogP contribution in [0.4, 0.5) is 0 Å². The standard InChI is InChI=1S/C14H10BrNOS/c1-9-4-5-10(12(15)7-9)14(17)11(8-16)13-3-2-6-18-13/h2-7,11H,1H3. The molecule has 1 aromatic heterocycles. The number of halogens is 1. The molecule has 0 aliphatic heterocycles. The molecule has 0 radical (unpaired) electrons. The Morgan fingerprint density at radius 1 is 1.44 bits per heavy atom. The first-order chi connectivity index (χ1) is 8.63. The second-order valence-electron chi connectivity index (χ2n) is 3.93. The highest BCUT2D eigenvalue weighted by Gasteiger charge is 2.24. The minimum Gasteiger partial charge on any atom is -0.292 e. The summed E-state index contributed by atoms with van der Waals surface area (Å²) in [5.41, 5.74) is 1.63. The Bertz CT molecular complexity index is 613. The molecule has 1 unspecified atom stereocenters. The van der Waals surface area contributed by atoms with Crippen LogP contribution >= 0.6 is 27.3 Å². The van der Waals surface area contributed by atoms with Gasteiger partial charge in [0.05, 0.1) is 6.07 Å². The van der Waals surface area contributed by atoms with Gasteiger partial charge in [-0.25, -0.2) is 0 Å². The van der Waals surface area contributed by atoms with Crippen molar-refractivity contribution < 1.29 is 4.79 Å². The van der Waals surface area contributed by atoms with Gasteiger partial charge in [0.2, 0.25) is 0 Å². The normalized spacial score (nSPS) is 11.8. The van der Waals surface area contributed by atoms with Crippen LogP contribution < -0.4 is 0 Å². The molecule has 0 spiro atoms. The van der Waals surface area contributed by atoms with Crippen molar-refractivity contribution in [1.82, 2.24) is 0 Å². The second kappa shape index (κ2) is 5.47. The van der Waals surface area contributed by atoms with Crippen molar-refractivity contribution >= 4 is 33.0 Å². The Balaban J connectivity index is 2.39. The van der Waals surface area contributed by atoms with Crippen LogP contribution in [0, 0.1) is 18.3 Å². The minimum absolute atomic E-state index is 0.160. The third-order valence-corrected chi connectivity index (χ3v) is 4.20. The first-order valence-electron chi connectivity index (χ1n) is 5.37. The monoisotopic (exact) mass is 319 g/mol. The molecular weight excluding hydrogens is 310 g/mol. The van der Waals surface area contributed by atoms with Gasteiger partial charge in [-0.15, -0.1) is 11.3 Å². The number of rotatable bonds is 3. The van der Waals surface area contributed by atoms with E-state index in [0.29, 0.717) is 5.56 Å². The van der Waals surface area contributed by atoms with Crippen molar-refractivity contribution in [3.63, 3.8) is 0 Å². The maximum atomic E-state index is 12.4. The highest BCUT2D eigenvalue weighted by Crippen LogP contribution is 2.28. The molecule has 1 heterocycles. The van der Waals surface area contributed by atoms with Gasteiger partial charge in [-0.05, 0) is 36.1 Å². The van der Waals surface area contributed by atoms with Gasteiger partial charge in [0.25, 0.3) is 0 Å². The highest BCUT2D eigenvalue weighted by atomic mass is 79.9. The SMILES string of the molecule is Cc1ccc(C(=O)C(C#N)c2cccs2)c(Br)c1. The lowest BCUT2D eigenvalue weighted by Gasteiger charge is -2.08. The van der Waals surface area contributed by atoms with Crippen molar-refractivity contribution in [3.8, 4) is 6.07 Å². The van der Waals surface area contributed by atoms with Crippen molar-refractivity contribution in [1.29, 1.82) is 5.26 Å². The van der Waals surface area contributed by atoms with Crippen LogP contribution in [0.15, 0.2) is 40.2 Å². The predicted molar refractivity (Wildman–Crippen MR) is 75.9 cm³/mol. The van der Waals surface area contributed by atoms with Crippen LogP contribution in [0.5, 0.6) is 0 Å². The van der Waals surface area contributed by atoms with E-state index in [0.717, 1.165) is 14.9 Å². The lowest BCUT2D eigenvalue weighted by atomic mass is 9.97. The zero-order valence-corrected chi connectivity index (χ0v) is 12.1. The van der Waals surface area contributed by atoms with Crippen LogP contribution in [-0.4, -0.2) is 5.78 Å². The van der Waals surface area contributed by atoms with Crippen molar-refractivity contribution in [2.24, 2.45) is 0 Å². The van der Waals surface area contributed by atoms with Crippen LogP contribution in [0.2, 0.25) is 0 Å². The number of ketones is 1. The number of carbonyl (C=O) groups is 1. The van der Waals surface area contributed by atoms with E-state index in [9.17, 15) is 10.1 Å². The van der Waals surface area contributed by atoms with Crippen LogP contribution in [0.3, 0.4) is 0 Å². The Morgan fingerprint density at radius 3 is 2.78 bits per heavy atom. The summed E-state index contributed by atoms with van der Waals surface area (Å²) >= 11 is 4.81. The smallest absolute Gasteiger partial charge is 0.186 e. The largest absolute Gasteiger partial charge is 0.292 e. The molecule has 1 aromatic carbocycles. The summed E-state index contributed by atoms with van der Waals surface area (Å²) < 4.78 is 0.740. The molecule has 2 rings (SSSR count). The van der Waals surface area contributed by atoms with Gasteiger partial charge in [-0.1, -0.05) is 28.1 Å². The minimum atomic E-state index is -0.719. The molecule has 0 saturated heterocycles. The van der Waals surface area contributed by atoms with Crippen molar-refractivity contribution in [3.05, 3.63) is 56.2 Å². The molecule has 0 saturated carbocycles. The molecule has 1 atom stereocenters. The van der Waals surface area contributed by atoms with Gasteiger partial charge in [0, 0.05) is 14.9 Å². The lowest BCUT2D eigenvalue weighted by Crippen LogP contribution is -2.10. The Kier molecular flexibility index (Phi) is 3.95. The summed E-state index contributed by atoms with van der Waals surface area (Å²) in [6, 6.07) is 11.3. The number of aryl methyl sites for hydroxylation is 1. The quantitative estimate of drug-likeness (QED) is 0.791. The number of nitriles is 1. The van der Waals surface area contributed by atoms with Gasteiger partial charge < -0.3 is 0 Å². The third-order valence-electron chi connectivity index (χ3n) is 2.61. The van der Waals surface area contributed by atoms with E-state index in [-0.39, 0.29) is 5.78 Å². The number of hydrogen-bond donors (Lipinski definition) is 0. The fourth-order valence-corrected chi connectivity index (χ4v) is 3.14. The van der Waals surface area contributed by atoms with Gasteiger partial charge >= 0.3 is 0 Å². The maximum absolute atomic E-state index is 12.4. The van der Waals surface area contributed by atoms with Gasteiger partial charge in [-0.3, -0.25) is 4.79 Å². The molecule has 0 fully saturated rings. The third kappa shape index (κ3) is 2.53. The molecule has 0 aliphatic carbocycles. The highest BCUT2D eigenvalue weighted by molar-refractivity contribution is 9.10. The van der Waals surface area contributed by atoms with E-state index in [4.69, 9.17) is 0 Å². The Hall–Kier alpha value is -1.44. The first kappa shape index (κ1) is 13.0. The summed E-state index contributed by atoms with van der Waals surface area (Å²) in [6.07, 6.45) is 0. The molecule has 2 nitrogen and oxygen atoms in total. The molecule has 18 heavy (non-hydrogen) atoms. The molecule has 0 amide bonds. The van der Waals surface area contributed by atoms with E-state index in [1.165, 1.54) is 11.3 Å². The molecule has 0 aliphatic rings. The molecule has 90 valence electrons. The zero-order valence-electron chi connectivity index (χ0n) is 9.68. The number of Topliss-reactive ketones (excluding diaryl/α,β-unsaturated/α-hetero) is 1. The summed E-state index contributed by atoms with van der Waals surface area (Å²) in [4.78, 5) is 13.1. The summed E-state index contributed by atoms with van der Waals surface area (Å²) in [5, 5.41) is 11.1. The lowest BCUT2D eigenvalue weighted by molar-refractivity contribution is 0.0979. The van der Waals surface area contributed by atoms with Gasteiger partial charge in [0.1, 0.15) is 5.92 Å². The van der Waals surface area contributed by atoms with E-state index < -0.39 is 5.92 Å². The van der Waals surface area contributed by atoms with Crippen LogP contribution in [0.25, 0.3) is 0 Å². The van der Waals surface area contributed by atoms with Gasteiger partial charge in [-0.2, -0.15) is 5.26 Å². The maximum Gasteiger partial charge on any atom is 0.186 e. The fraction of sp³-hybridized carbons (Fsp3) is 0.143. The van der Waals surface area contributed by atoms with E-state index in [1.54, 1.807) is 6.07 Å². The summed E-state index contributed by atoms with van der Waals surface area (Å²) in [6.45, 7) is 1.96. The number of thiophene rings is 1.